The molecule has 1 saturated heterocycles. The summed E-state index contributed by atoms with van der Waals surface area (Å²) < 4.78 is 11.5. The van der Waals surface area contributed by atoms with Crippen molar-refractivity contribution in [2.45, 2.75) is 52.2 Å². The van der Waals surface area contributed by atoms with Crippen LogP contribution in [0.5, 0.6) is 0 Å². The minimum atomic E-state index is -0.604. The van der Waals surface area contributed by atoms with Crippen LogP contribution >= 0.6 is 0 Å². The Bertz CT molecular complexity index is 403. The maximum atomic E-state index is 12.6. The molecule has 0 aromatic heterocycles. The average Bonchev–Trinajstić information content (AvgIpc) is 3.08. The molecule has 3 rings (SSSR count). The monoisotopic (exact) mass is 292 g/mol. The lowest BCUT2D eigenvalue weighted by atomic mass is 9.79. The van der Waals surface area contributed by atoms with Gasteiger partial charge in [-0.05, 0) is 36.5 Å². The number of unbranched alkanes of at least 4 members (excludes halogenated alkanes) is 2. The Morgan fingerprint density at radius 2 is 2.14 bits per heavy atom. The Kier molecular flexibility index (Phi) is 4.80. The maximum absolute atomic E-state index is 12.6. The van der Waals surface area contributed by atoms with Gasteiger partial charge in [0.1, 0.15) is 0 Å². The summed E-state index contributed by atoms with van der Waals surface area (Å²) in [6.07, 6.45) is 10.0. The highest BCUT2D eigenvalue weighted by molar-refractivity contribution is 5.86. The Morgan fingerprint density at radius 1 is 1.33 bits per heavy atom. The number of allylic oxidation sites excluding steroid dienone is 2. The lowest BCUT2D eigenvalue weighted by molar-refractivity contribution is -0.198. The van der Waals surface area contributed by atoms with Gasteiger partial charge in [-0.3, -0.25) is 4.79 Å². The van der Waals surface area contributed by atoms with E-state index in [0.29, 0.717) is 36.9 Å². The third-order valence-corrected chi connectivity index (χ3v) is 5.46. The van der Waals surface area contributed by atoms with Gasteiger partial charge in [0.2, 0.25) is 6.29 Å². The quantitative estimate of drug-likeness (QED) is 0.531. The minimum absolute atomic E-state index is 0.161. The largest absolute Gasteiger partial charge is 0.346 e. The third-order valence-electron chi connectivity index (χ3n) is 5.46. The molecule has 0 aromatic carbocycles. The van der Waals surface area contributed by atoms with Crippen LogP contribution in [0, 0.1) is 29.6 Å². The highest BCUT2D eigenvalue weighted by atomic mass is 16.7. The summed E-state index contributed by atoms with van der Waals surface area (Å²) in [6, 6.07) is 0. The predicted octanol–water partition coefficient (Wildman–Crippen LogP) is 3.58. The fraction of sp³-hybridized carbons (Fsp3) is 0.833. The Balaban J connectivity index is 1.47. The normalized spacial score (nSPS) is 38.8. The molecule has 0 radical (unpaired) electrons. The molecule has 0 aromatic rings. The van der Waals surface area contributed by atoms with E-state index in [4.69, 9.17) is 9.47 Å². The SMILES string of the molecule is CCCCC[C@@H](C)CO[C@@H]1OC[C@@H]2[C@H](C1=O)[C@@H]1C=C[C@H]2C1. The molecule has 3 nitrogen and oxygen atoms in total. The van der Waals surface area contributed by atoms with E-state index in [1.165, 1.54) is 25.7 Å². The van der Waals surface area contributed by atoms with Crippen molar-refractivity contribution in [3.8, 4) is 0 Å². The molecular weight excluding hydrogens is 264 g/mol. The van der Waals surface area contributed by atoms with E-state index in [9.17, 15) is 4.79 Å². The van der Waals surface area contributed by atoms with E-state index in [2.05, 4.69) is 26.0 Å². The van der Waals surface area contributed by atoms with Crippen LogP contribution in [-0.2, 0) is 14.3 Å². The van der Waals surface area contributed by atoms with Crippen molar-refractivity contribution in [3.63, 3.8) is 0 Å². The number of Topliss-reactive ketones (excluding diaryl/α,β-unsaturated/α-hetero) is 1. The molecule has 1 heterocycles. The van der Waals surface area contributed by atoms with Crippen molar-refractivity contribution in [1.82, 2.24) is 0 Å². The van der Waals surface area contributed by atoms with Crippen molar-refractivity contribution >= 4 is 5.78 Å². The van der Waals surface area contributed by atoms with Crippen molar-refractivity contribution in [2.24, 2.45) is 29.6 Å². The van der Waals surface area contributed by atoms with Gasteiger partial charge >= 0.3 is 0 Å². The molecular formula is C18H28O3. The molecule has 118 valence electrons. The van der Waals surface area contributed by atoms with Gasteiger partial charge in [-0.15, -0.1) is 0 Å². The van der Waals surface area contributed by atoms with Gasteiger partial charge in [0.05, 0.1) is 13.2 Å². The summed E-state index contributed by atoms with van der Waals surface area (Å²) in [4.78, 5) is 12.6. The Hall–Kier alpha value is -0.670. The average molecular weight is 292 g/mol. The van der Waals surface area contributed by atoms with Crippen molar-refractivity contribution in [3.05, 3.63) is 12.2 Å². The Labute approximate surface area is 128 Å². The zero-order valence-electron chi connectivity index (χ0n) is 13.3. The third kappa shape index (κ3) is 3.09. The van der Waals surface area contributed by atoms with E-state index < -0.39 is 6.29 Å². The molecule has 0 N–H and O–H groups in total. The van der Waals surface area contributed by atoms with Gasteiger partial charge in [-0.1, -0.05) is 45.3 Å². The van der Waals surface area contributed by atoms with Gasteiger partial charge < -0.3 is 9.47 Å². The standard InChI is InChI=1S/C18H28O3/c1-3-4-5-6-12(2)10-20-18-17(19)16-14-8-7-13(9-14)15(16)11-21-18/h7-8,12-16,18H,3-6,9-11H2,1-2H3/t12-,13+,14-,15+,16-,18-/m1/s1. The lowest BCUT2D eigenvalue weighted by Crippen LogP contribution is -2.46. The molecule has 0 amide bonds. The second kappa shape index (κ2) is 6.62. The molecule has 3 aliphatic rings. The molecule has 21 heavy (non-hydrogen) atoms. The second-order valence-electron chi connectivity index (χ2n) is 7.14. The van der Waals surface area contributed by atoms with Gasteiger partial charge in [0.15, 0.2) is 5.78 Å². The van der Waals surface area contributed by atoms with Crippen LogP contribution < -0.4 is 0 Å². The zero-order valence-corrected chi connectivity index (χ0v) is 13.3. The van der Waals surface area contributed by atoms with Crippen LogP contribution in [-0.4, -0.2) is 25.3 Å². The van der Waals surface area contributed by atoms with Gasteiger partial charge in [0.25, 0.3) is 0 Å². The van der Waals surface area contributed by atoms with Crippen molar-refractivity contribution in [1.29, 1.82) is 0 Å². The molecule has 0 unspecified atom stereocenters. The number of rotatable bonds is 7. The molecule has 2 fully saturated rings. The smallest absolute Gasteiger partial charge is 0.218 e. The summed E-state index contributed by atoms with van der Waals surface area (Å²) in [6.45, 7) is 5.75. The lowest BCUT2D eigenvalue weighted by Gasteiger charge is -2.35. The number of ketones is 1. The highest BCUT2D eigenvalue weighted by Crippen LogP contribution is 2.50. The first-order valence-electron chi connectivity index (χ1n) is 8.66. The van der Waals surface area contributed by atoms with Crippen LogP contribution in [0.25, 0.3) is 0 Å². The van der Waals surface area contributed by atoms with E-state index in [1.54, 1.807) is 0 Å². The number of carbonyl (C=O) groups is 1. The van der Waals surface area contributed by atoms with Gasteiger partial charge in [-0.25, -0.2) is 0 Å². The van der Waals surface area contributed by atoms with Gasteiger partial charge in [0, 0.05) is 5.92 Å². The second-order valence-corrected chi connectivity index (χ2v) is 7.14. The first-order chi connectivity index (χ1) is 10.2. The number of hydrogen-bond acceptors (Lipinski definition) is 3. The van der Waals surface area contributed by atoms with Crippen LogP contribution in [0.15, 0.2) is 12.2 Å². The van der Waals surface area contributed by atoms with Crippen LogP contribution in [0.3, 0.4) is 0 Å². The molecule has 3 heteroatoms. The zero-order chi connectivity index (χ0) is 14.8. The summed E-state index contributed by atoms with van der Waals surface area (Å²) in [5.74, 6) is 2.29. The highest BCUT2D eigenvalue weighted by Gasteiger charge is 2.52. The first-order valence-corrected chi connectivity index (χ1v) is 8.66. The summed E-state index contributed by atoms with van der Waals surface area (Å²) in [5, 5.41) is 0. The van der Waals surface area contributed by atoms with Gasteiger partial charge in [-0.2, -0.15) is 0 Å². The maximum Gasteiger partial charge on any atom is 0.218 e. The van der Waals surface area contributed by atoms with E-state index in [1.807, 2.05) is 0 Å². The minimum Gasteiger partial charge on any atom is -0.346 e. The predicted molar refractivity (Wildman–Crippen MR) is 81.7 cm³/mol. The molecule has 2 aliphatic carbocycles. The molecule has 2 bridgehead atoms. The number of hydrogen-bond donors (Lipinski definition) is 0. The fourth-order valence-corrected chi connectivity index (χ4v) is 4.22. The molecule has 1 saturated carbocycles. The van der Waals surface area contributed by atoms with E-state index >= 15 is 0 Å². The van der Waals surface area contributed by atoms with E-state index in [0.717, 1.165) is 6.42 Å². The number of carbonyl (C=O) groups excluding carboxylic acids is 1. The summed E-state index contributed by atoms with van der Waals surface area (Å²) in [7, 11) is 0. The summed E-state index contributed by atoms with van der Waals surface area (Å²) >= 11 is 0. The number of ether oxygens (including phenoxy) is 2. The van der Waals surface area contributed by atoms with Crippen molar-refractivity contribution in [2.75, 3.05) is 13.2 Å². The molecule has 6 atom stereocenters. The molecule has 0 spiro atoms. The Morgan fingerprint density at radius 3 is 2.95 bits per heavy atom. The summed E-state index contributed by atoms with van der Waals surface area (Å²) in [5.41, 5.74) is 0. The topological polar surface area (TPSA) is 35.5 Å². The molecule has 1 aliphatic heterocycles. The van der Waals surface area contributed by atoms with Crippen LogP contribution in [0.1, 0.15) is 46.0 Å². The van der Waals surface area contributed by atoms with Crippen LogP contribution in [0.4, 0.5) is 0 Å². The van der Waals surface area contributed by atoms with E-state index in [-0.39, 0.29) is 11.7 Å². The first kappa shape index (κ1) is 15.2. The number of fused-ring (bicyclic) bond motifs is 5. The van der Waals surface area contributed by atoms with Crippen LogP contribution in [0.2, 0.25) is 0 Å². The fourth-order valence-electron chi connectivity index (χ4n) is 4.22. The van der Waals surface area contributed by atoms with Crippen molar-refractivity contribution < 1.29 is 14.3 Å².